The van der Waals surface area contributed by atoms with Crippen molar-refractivity contribution in [3.8, 4) is 0 Å². The van der Waals surface area contributed by atoms with Crippen LogP contribution >= 0.6 is 0 Å². The lowest BCUT2D eigenvalue weighted by atomic mass is 10.1. The monoisotopic (exact) mass is 338 g/mol. The van der Waals surface area contributed by atoms with Crippen molar-refractivity contribution in [3.05, 3.63) is 33.9 Å². The summed E-state index contributed by atoms with van der Waals surface area (Å²) < 4.78 is 5.09. The fourth-order valence-electron chi connectivity index (χ4n) is 1.80. The quantitative estimate of drug-likeness (QED) is 0.395. The molecule has 0 aliphatic carbocycles. The number of alkyl carbamates (subject to hydrolysis) is 1. The van der Waals surface area contributed by atoms with Gasteiger partial charge in [0, 0.05) is 24.7 Å². The van der Waals surface area contributed by atoms with Crippen molar-refractivity contribution < 1.29 is 19.2 Å². The van der Waals surface area contributed by atoms with Gasteiger partial charge < -0.3 is 21.1 Å². The third-order valence-electron chi connectivity index (χ3n) is 2.82. The maximum absolute atomic E-state index is 11.4. The highest BCUT2D eigenvalue weighted by atomic mass is 16.6. The maximum Gasteiger partial charge on any atom is 0.407 e. The van der Waals surface area contributed by atoms with Crippen LogP contribution in [0.3, 0.4) is 0 Å². The summed E-state index contributed by atoms with van der Waals surface area (Å²) >= 11 is 0. The standard InChI is InChI=1S/C15H22N4O5/c1-15(2,3)24-14(21)18-8-4-7-17-11-6-5-10(13(16)20)9-12(11)19(22)23/h5-6,9,17H,4,7-8H2,1-3H3,(H2,16,20)(H,18,21). The van der Waals surface area contributed by atoms with Crippen molar-refractivity contribution in [1.82, 2.24) is 5.32 Å². The van der Waals surface area contributed by atoms with Crippen molar-refractivity contribution in [2.45, 2.75) is 32.8 Å². The van der Waals surface area contributed by atoms with E-state index in [2.05, 4.69) is 10.6 Å². The number of nitro benzene ring substituents is 1. The fraction of sp³-hybridized carbons (Fsp3) is 0.467. The molecule has 0 unspecified atom stereocenters. The number of hydrogen-bond donors (Lipinski definition) is 3. The Bertz CT molecular complexity index is 625. The summed E-state index contributed by atoms with van der Waals surface area (Å²) in [5, 5.41) is 16.5. The molecule has 0 radical (unpaired) electrons. The maximum atomic E-state index is 11.4. The van der Waals surface area contributed by atoms with Gasteiger partial charge in [0.25, 0.3) is 5.69 Å². The van der Waals surface area contributed by atoms with Gasteiger partial charge in [0.1, 0.15) is 11.3 Å². The number of primary amides is 1. The molecule has 0 saturated heterocycles. The molecule has 1 rings (SSSR count). The van der Waals surface area contributed by atoms with Crippen LogP contribution in [0.2, 0.25) is 0 Å². The third-order valence-corrected chi connectivity index (χ3v) is 2.82. The molecule has 4 N–H and O–H groups in total. The molecule has 1 aromatic carbocycles. The zero-order chi connectivity index (χ0) is 18.3. The van der Waals surface area contributed by atoms with Crippen LogP contribution in [0.5, 0.6) is 0 Å². The number of nitrogens with zero attached hydrogens (tertiary/aromatic N) is 1. The molecule has 1 aromatic rings. The smallest absolute Gasteiger partial charge is 0.407 e. The molecule has 9 heteroatoms. The van der Waals surface area contributed by atoms with Crippen molar-refractivity contribution in [3.63, 3.8) is 0 Å². The lowest BCUT2D eigenvalue weighted by Gasteiger charge is -2.19. The summed E-state index contributed by atoms with van der Waals surface area (Å²) in [7, 11) is 0. The first-order valence-corrected chi connectivity index (χ1v) is 7.39. The van der Waals surface area contributed by atoms with Crippen molar-refractivity contribution in [1.29, 1.82) is 0 Å². The highest BCUT2D eigenvalue weighted by molar-refractivity contribution is 5.94. The minimum atomic E-state index is -0.730. The Hall–Kier alpha value is -2.84. The van der Waals surface area contributed by atoms with E-state index in [0.29, 0.717) is 19.5 Å². The molecule has 0 aromatic heterocycles. The minimum Gasteiger partial charge on any atom is -0.444 e. The molecule has 0 aliphatic heterocycles. The Morgan fingerprint density at radius 2 is 1.96 bits per heavy atom. The zero-order valence-electron chi connectivity index (χ0n) is 13.9. The Morgan fingerprint density at radius 3 is 2.50 bits per heavy atom. The highest BCUT2D eigenvalue weighted by Gasteiger charge is 2.17. The van der Waals surface area contributed by atoms with Gasteiger partial charge in [-0.3, -0.25) is 14.9 Å². The SMILES string of the molecule is CC(C)(C)OC(=O)NCCCNc1ccc(C(N)=O)cc1[N+](=O)[O-]. The summed E-state index contributed by atoms with van der Waals surface area (Å²) in [6.07, 6.45) is 0.0211. The average molecular weight is 338 g/mol. The van der Waals surface area contributed by atoms with Gasteiger partial charge >= 0.3 is 6.09 Å². The molecular formula is C15H22N4O5. The van der Waals surface area contributed by atoms with E-state index in [0.717, 1.165) is 6.07 Å². The van der Waals surface area contributed by atoms with E-state index in [1.807, 2.05) is 0 Å². The van der Waals surface area contributed by atoms with Crippen LogP contribution in [0.25, 0.3) is 0 Å². The molecule has 132 valence electrons. The van der Waals surface area contributed by atoms with Gasteiger partial charge in [-0.1, -0.05) is 0 Å². The van der Waals surface area contributed by atoms with Crippen LogP contribution in [0.4, 0.5) is 16.2 Å². The molecule has 0 saturated carbocycles. The van der Waals surface area contributed by atoms with E-state index in [-0.39, 0.29) is 16.9 Å². The topological polar surface area (TPSA) is 137 Å². The molecule has 0 heterocycles. The third kappa shape index (κ3) is 6.51. The molecule has 0 fully saturated rings. The van der Waals surface area contributed by atoms with Gasteiger partial charge in [0.05, 0.1) is 4.92 Å². The highest BCUT2D eigenvalue weighted by Crippen LogP contribution is 2.25. The minimum absolute atomic E-state index is 0.0684. The molecule has 0 aliphatic rings. The van der Waals surface area contributed by atoms with Gasteiger partial charge in [-0.15, -0.1) is 0 Å². The normalized spacial score (nSPS) is 10.8. The number of benzene rings is 1. The van der Waals surface area contributed by atoms with E-state index in [1.54, 1.807) is 20.8 Å². The van der Waals surface area contributed by atoms with Gasteiger partial charge in [0.2, 0.25) is 5.91 Å². The van der Waals surface area contributed by atoms with Crippen LogP contribution in [-0.4, -0.2) is 35.6 Å². The van der Waals surface area contributed by atoms with Gasteiger partial charge in [0.15, 0.2) is 0 Å². The number of nitro groups is 1. The first kappa shape index (κ1) is 19.2. The van der Waals surface area contributed by atoms with Crippen LogP contribution in [0.15, 0.2) is 18.2 Å². The van der Waals surface area contributed by atoms with E-state index in [9.17, 15) is 19.7 Å². The molecule has 0 bridgehead atoms. The van der Waals surface area contributed by atoms with Crippen LogP contribution in [0.1, 0.15) is 37.6 Å². The van der Waals surface area contributed by atoms with Crippen LogP contribution in [-0.2, 0) is 4.74 Å². The lowest BCUT2D eigenvalue weighted by molar-refractivity contribution is -0.384. The van der Waals surface area contributed by atoms with E-state index in [4.69, 9.17) is 10.5 Å². The number of carbonyl (C=O) groups excluding carboxylic acids is 2. The van der Waals surface area contributed by atoms with E-state index in [1.165, 1.54) is 12.1 Å². The summed E-state index contributed by atoms with van der Waals surface area (Å²) in [6.45, 7) is 6.05. The second-order valence-electron chi connectivity index (χ2n) is 6.06. The molecule has 9 nitrogen and oxygen atoms in total. The molecular weight excluding hydrogens is 316 g/mol. The lowest BCUT2D eigenvalue weighted by Crippen LogP contribution is -2.33. The number of ether oxygens (including phenoxy) is 1. The van der Waals surface area contributed by atoms with Gasteiger partial charge in [-0.05, 0) is 39.3 Å². The second-order valence-corrected chi connectivity index (χ2v) is 6.06. The summed E-state index contributed by atoms with van der Waals surface area (Å²) in [6, 6.07) is 3.97. The predicted octanol–water partition coefficient (Wildman–Crippen LogP) is 2.02. The molecule has 24 heavy (non-hydrogen) atoms. The summed E-state index contributed by atoms with van der Waals surface area (Å²) in [5.74, 6) is -0.730. The first-order chi connectivity index (χ1) is 11.1. The van der Waals surface area contributed by atoms with E-state index < -0.39 is 22.5 Å². The summed E-state index contributed by atoms with van der Waals surface area (Å²) in [4.78, 5) is 33.0. The molecule has 0 spiro atoms. The van der Waals surface area contributed by atoms with E-state index >= 15 is 0 Å². The number of carbonyl (C=O) groups is 2. The summed E-state index contributed by atoms with van der Waals surface area (Å²) in [5.41, 5.74) is 4.66. The predicted molar refractivity (Wildman–Crippen MR) is 89.0 cm³/mol. The van der Waals surface area contributed by atoms with Crippen LogP contribution in [0, 0.1) is 10.1 Å². The fourth-order valence-corrected chi connectivity index (χ4v) is 1.80. The van der Waals surface area contributed by atoms with Gasteiger partial charge in [-0.25, -0.2) is 4.79 Å². The number of nitrogens with two attached hydrogens (primary N) is 1. The number of anilines is 1. The van der Waals surface area contributed by atoms with Crippen molar-refractivity contribution >= 4 is 23.4 Å². The second kappa shape index (κ2) is 8.14. The molecule has 0 atom stereocenters. The Morgan fingerprint density at radius 1 is 1.29 bits per heavy atom. The largest absolute Gasteiger partial charge is 0.444 e. The number of hydrogen-bond acceptors (Lipinski definition) is 6. The molecule has 2 amide bonds. The van der Waals surface area contributed by atoms with Crippen LogP contribution < -0.4 is 16.4 Å². The Kier molecular flexibility index (Phi) is 6.51. The van der Waals surface area contributed by atoms with Crippen molar-refractivity contribution in [2.75, 3.05) is 18.4 Å². The number of rotatable bonds is 7. The number of amides is 2. The Labute approximate surface area is 139 Å². The average Bonchev–Trinajstić information content (AvgIpc) is 2.44. The van der Waals surface area contributed by atoms with Gasteiger partial charge in [-0.2, -0.15) is 0 Å². The van der Waals surface area contributed by atoms with Crippen molar-refractivity contribution in [2.24, 2.45) is 5.73 Å². The number of nitrogens with one attached hydrogen (secondary N) is 2. The zero-order valence-corrected chi connectivity index (χ0v) is 13.9. The first-order valence-electron chi connectivity index (χ1n) is 7.39. The Balaban J connectivity index is 2.49.